The number of nitrogens with zero attached hydrogens (tertiary/aromatic N) is 1. The van der Waals surface area contributed by atoms with Gasteiger partial charge < -0.3 is 19.2 Å². The summed E-state index contributed by atoms with van der Waals surface area (Å²) in [6, 6.07) is 1.25. The first kappa shape index (κ1) is 11.1. The van der Waals surface area contributed by atoms with Gasteiger partial charge in [0.05, 0.1) is 12.0 Å². The van der Waals surface area contributed by atoms with Gasteiger partial charge in [-0.05, 0) is 19.9 Å². The Kier molecular flexibility index (Phi) is 2.50. The molecule has 0 aliphatic carbocycles. The second kappa shape index (κ2) is 3.59. The Hall–Kier alpha value is -1.36. The molecular formula is C9H11N2O4P. The van der Waals surface area contributed by atoms with Crippen LogP contribution >= 0.6 is 7.60 Å². The lowest BCUT2D eigenvalue weighted by Crippen LogP contribution is -2.04. The highest BCUT2D eigenvalue weighted by molar-refractivity contribution is 7.60. The lowest BCUT2D eigenvalue weighted by atomic mass is 10.4. The van der Waals surface area contributed by atoms with E-state index in [1.54, 1.807) is 6.92 Å². The van der Waals surface area contributed by atoms with Gasteiger partial charge in [0.25, 0.3) is 0 Å². The number of aromatic nitrogens is 2. The number of aryl methyl sites for hydroxylation is 2. The summed E-state index contributed by atoms with van der Waals surface area (Å²) in [5.74, 6) is 0.419. The van der Waals surface area contributed by atoms with Crippen molar-refractivity contribution in [2.45, 2.75) is 13.8 Å². The summed E-state index contributed by atoms with van der Waals surface area (Å²) in [6.45, 7) is 3.63. The molecule has 0 bridgehead atoms. The van der Waals surface area contributed by atoms with Gasteiger partial charge in [-0.25, -0.2) is 4.98 Å². The van der Waals surface area contributed by atoms with E-state index in [1.807, 2.05) is 6.92 Å². The monoisotopic (exact) mass is 242 g/mol. The summed E-state index contributed by atoms with van der Waals surface area (Å²) < 4.78 is 16.2. The van der Waals surface area contributed by atoms with Crippen LogP contribution in [0.15, 0.2) is 16.7 Å². The molecule has 0 aliphatic rings. The molecule has 16 heavy (non-hydrogen) atoms. The standard InChI is InChI=1S/C9H11N2O4P/c1-5-6(2)11-9(10-5)8-7(3-4-15-8)16(12,13)14/h3-4H,1-2H3,(H,10,11)(H2,12,13,14). The third kappa shape index (κ3) is 1.82. The molecule has 0 spiro atoms. The van der Waals surface area contributed by atoms with E-state index in [0.29, 0.717) is 5.82 Å². The fraction of sp³-hybridized carbons (Fsp3) is 0.222. The fourth-order valence-corrected chi connectivity index (χ4v) is 2.04. The Balaban J connectivity index is 2.57. The number of hydrogen-bond acceptors (Lipinski definition) is 3. The highest BCUT2D eigenvalue weighted by Gasteiger charge is 2.26. The molecule has 6 nitrogen and oxygen atoms in total. The highest BCUT2D eigenvalue weighted by Crippen LogP contribution is 2.37. The summed E-state index contributed by atoms with van der Waals surface area (Å²) >= 11 is 0. The van der Waals surface area contributed by atoms with Gasteiger partial charge in [-0.3, -0.25) is 4.57 Å². The summed E-state index contributed by atoms with van der Waals surface area (Å²) in [7, 11) is -4.33. The van der Waals surface area contributed by atoms with Crippen molar-refractivity contribution >= 4 is 12.9 Å². The minimum Gasteiger partial charge on any atom is -0.460 e. The molecule has 0 fully saturated rings. The fourth-order valence-electron chi connectivity index (χ4n) is 1.36. The number of hydrogen-bond donors (Lipinski definition) is 3. The van der Waals surface area contributed by atoms with Gasteiger partial charge in [0.1, 0.15) is 5.30 Å². The van der Waals surface area contributed by atoms with Crippen molar-refractivity contribution in [1.29, 1.82) is 0 Å². The number of furan rings is 1. The maximum atomic E-state index is 11.2. The zero-order valence-electron chi connectivity index (χ0n) is 8.76. The predicted octanol–water partition coefficient (Wildman–Crippen LogP) is 1.09. The van der Waals surface area contributed by atoms with Crippen molar-refractivity contribution < 1.29 is 18.8 Å². The number of aromatic amines is 1. The van der Waals surface area contributed by atoms with Crippen LogP contribution in [0.3, 0.4) is 0 Å². The van der Waals surface area contributed by atoms with Crippen molar-refractivity contribution in [2.75, 3.05) is 0 Å². The average Bonchev–Trinajstić information content (AvgIpc) is 2.72. The molecule has 0 aromatic carbocycles. The third-order valence-electron chi connectivity index (χ3n) is 2.30. The summed E-state index contributed by atoms with van der Waals surface area (Å²) in [5, 5.41) is -0.152. The molecular weight excluding hydrogens is 231 g/mol. The first-order chi connectivity index (χ1) is 7.39. The van der Waals surface area contributed by atoms with Crippen LogP contribution in [0.5, 0.6) is 0 Å². The first-order valence-electron chi connectivity index (χ1n) is 4.57. The van der Waals surface area contributed by atoms with E-state index >= 15 is 0 Å². The largest absolute Gasteiger partial charge is 0.460 e. The van der Waals surface area contributed by atoms with Gasteiger partial charge in [0, 0.05) is 5.69 Å². The summed E-state index contributed by atoms with van der Waals surface area (Å²) in [4.78, 5) is 25.3. The van der Waals surface area contributed by atoms with Crippen molar-refractivity contribution in [3.05, 3.63) is 23.7 Å². The van der Waals surface area contributed by atoms with E-state index in [2.05, 4.69) is 9.97 Å². The van der Waals surface area contributed by atoms with Crippen LogP contribution in [-0.2, 0) is 4.57 Å². The van der Waals surface area contributed by atoms with E-state index in [0.717, 1.165) is 11.4 Å². The molecule has 86 valence electrons. The van der Waals surface area contributed by atoms with E-state index in [1.165, 1.54) is 12.3 Å². The topological polar surface area (TPSA) is 99.3 Å². The van der Waals surface area contributed by atoms with Gasteiger partial charge >= 0.3 is 7.60 Å². The Bertz CT molecular complexity index is 546. The number of nitrogens with one attached hydrogen (secondary N) is 1. The lowest BCUT2D eigenvalue weighted by molar-refractivity contribution is 0.387. The Morgan fingerprint density at radius 3 is 2.62 bits per heavy atom. The average molecular weight is 242 g/mol. The third-order valence-corrected chi connectivity index (χ3v) is 3.28. The van der Waals surface area contributed by atoms with E-state index in [9.17, 15) is 4.57 Å². The quantitative estimate of drug-likeness (QED) is 0.684. The molecule has 0 saturated carbocycles. The van der Waals surface area contributed by atoms with E-state index in [4.69, 9.17) is 14.2 Å². The molecule has 0 radical (unpaired) electrons. The molecule has 2 aromatic rings. The molecule has 0 atom stereocenters. The summed E-state index contributed by atoms with van der Waals surface area (Å²) in [6.07, 6.45) is 1.23. The second-order valence-corrected chi connectivity index (χ2v) is 5.04. The van der Waals surface area contributed by atoms with Gasteiger partial charge in [0.15, 0.2) is 11.6 Å². The second-order valence-electron chi connectivity index (χ2n) is 3.47. The maximum Gasteiger partial charge on any atom is 0.360 e. The van der Waals surface area contributed by atoms with Crippen LogP contribution < -0.4 is 5.30 Å². The normalized spacial score (nSPS) is 12.0. The van der Waals surface area contributed by atoms with Crippen LogP contribution in [0.1, 0.15) is 11.4 Å². The molecule has 7 heteroatoms. The summed E-state index contributed by atoms with van der Waals surface area (Å²) in [5.41, 5.74) is 1.60. The number of imidazole rings is 1. The Labute approximate surface area is 91.5 Å². The van der Waals surface area contributed by atoms with Gasteiger partial charge in [-0.2, -0.15) is 0 Å². The van der Waals surface area contributed by atoms with E-state index < -0.39 is 7.60 Å². The van der Waals surface area contributed by atoms with Crippen molar-refractivity contribution in [2.24, 2.45) is 0 Å². The smallest absolute Gasteiger partial charge is 0.360 e. The minimum atomic E-state index is -4.33. The maximum absolute atomic E-state index is 11.2. The molecule has 3 N–H and O–H groups in total. The molecule has 0 aliphatic heterocycles. The van der Waals surface area contributed by atoms with Crippen molar-refractivity contribution in [3.63, 3.8) is 0 Å². The minimum absolute atomic E-state index is 0.0875. The zero-order valence-corrected chi connectivity index (χ0v) is 9.65. The SMILES string of the molecule is Cc1nc(-c2occc2P(=O)(O)O)[nH]c1C. The van der Waals surface area contributed by atoms with Crippen LogP contribution in [0, 0.1) is 13.8 Å². The van der Waals surface area contributed by atoms with Crippen molar-refractivity contribution in [1.82, 2.24) is 9.97 Å². The lowest BCUT2D eigenvalue weighted by Gasteiger charge is -2.01. The van der Waals surface area contributed by atoms with Crippen LogP contribution in [-0.4, -0.2) is 19.8 Å². The molecule has 2 aromatic heterocycles. The van der Waals surface area contributed by atoms with Gasteiger partial charge in [-0.1, -0.05) is 0 Å². The molecule has 0 saturated heterocycles. The van der Waals surface area contributed by atoms with E-state index in [-0.39, 0.29) is 11.1 Å². The van der Waals surface area contributed by atoms with Crippen LogP contribution in [0.25, 0.3) is 11.6 Å². The van der Waals surface area contributed by atoms with Crippen molar-refractivity contribution in [3.8, 4) is 11.6 Å². The molecule has 0 unspecified atom stereocenters. The molecule has 0 amide bonds. The molecule has 2 heterocycles. The Morgan fingerprint density at radius 1 is 1.44 bits per heavy atom. The van der Waals surface area contributed by atoms with Gasteiger partial charge in [-0.15, -0.1) is 0 Å². The first-order valence-corrected chi connectivity index (χ1v) is 6.18. The Morgan fingerprint density at radius 2 is 2.12 bits per heavy atom. The van der Waals surface area contributed by atoms with Crippen LogP contribution in [0.2, 0.25) is 0 Å². The predicted molar refractivity (Wildman–Crippen MR) is 57.4 cm³/mol. The zero-order chi connectivity index (χ0) is 11.9. The van der Waals surface area contributed by atoms with Crippen LogP contribution in [0.4, 0.5) is 0 Å². The highest BCUT2D eigenvalue weighted by atomic mass is 31.2. The molecule has 2 rings (SSSR count). The number of H-pyrrole nitrogens is 1. The van der Waals surface area contributed by atoms with Gasteiger partial charge in [0.2, 0.25) is 0 Å². The number of rotatable bonds is 2.